The molecule has 1 heterocycles. The van der Waals surface area contributed by atoms with Gasteiger partial charge < -0.3 is 4.74 Å². The molecule has 1 saturated heterocycles. The minimum absolute atomic E-state index is 0.192. The summed E-state index contributed by atoms with van der Waals surface area (Å²) in [5.41, 5.74) is 0. The van der Waals surface area contributed by atoms with Gasteiger partial charge in [-0.25, -0.2) is 8.42 Å². The van der Waals surface area contributed by atoms with E-state index in [1.54, 1.807) is 31.2 Å². The number of nitrogens with zero attached hydrogens (tertiary/aromatic N) is 1. The summed E-state index contributed by atoms with van der Waals surface area (Å²) in [7, 11) is -3.56. The zero-order valence-electron chi connectivity index (χ0n) is 11.8. The lowest BCUT2D eigenvalue weighted by Gasteiger charge is -2.30. The summed E-state index contributed by atoms with van der Waals surface area (Å²) in [6.07, 6.45) is 1.34. The molecule has 2 rings (SSSR count). The van der Waals surface area contributed by atoms with E-state index in [2.05, 4.69) is 15.9 Å². The molecule has 0 N–H and O–H groups in total. The summed E-state index contributed by atoms with van der Waals surface area (Å²) in [6.45, 7) is 2.69. The Hall–Kier alpha value is -0.920. The van der Waals surface area contributed by atoms with Gasteiger partial charge in [0, 0.05) is 17.6 Å². The van der Waals surface area contributed by atoms with Crippen LogP contribution in [0.5, 0.6) is 0 Å². The summed E-state index contributed by atoms with van der Waals surface area (Å²) in [4.78, 5) is 12.0. The van der Waals surface area contributed by atoms with Gasteiger partial charge in [0.15, 0.2) is 0 Å². The molecule has 0 spiro atoms. The predicted molar refractivity (Wildman–Crippen MR) is 82.3 cm³/mol. The van der Waals surface area contributed by atoms with Crippen molar-refractivity contribution in [1.29, 1.82) is 0 Å². The number of sulfonamides is 1. The van der Waals surface area contributed by atoms with E-state index < -0.39 is 10.0 Å². The van der Waals surface area contributed by atoms with E-state index in [-0.39, 0.29) is 23.3 Å². The topological polar surface area (TPSA) is 63.7 Å². The first kappa shape index (κ1) is 16.5. The Balaban J connectivity index is 2.16. The first-order valence-corrected chi connectivity index (χ1v) is 9.11. The van der Waals surface area contributed by atoms with Crippen LogP contribution in [0.2, 0.25) is 0 Å². The number of rotatable bonds is 4. The van der Waals surface area contributed by atoms with Gasteiger partial charge in [-0.05, 0) is 44.0 Å². The Morgan fingerprint density at radius 2 is 2.05 bits per heavy atom. The smallest absolute Gasteiger partial charge is 0.310 e. The molecule has 1 aliphatic heterocycles. The van der Waals surface area contributed by atoms with Crippen LogP contribution in [0.15, 0.2) is 33.6 Å². The highest BCUT2D eigenvalue weighted by atomic mass is 79.9. The van der Waals surface area contributed by atoms with Gasteiger partial charge in [0.05, 0.1) is 17.4 Å². The van der Waals surface area contributed by atoms with Crippen LogP contribution < -0.4 is 0 Å². The van der Waals surface area contributed by atoms with Gasteiger partial charge in [0.2, 0.25) is 10.0 Å². The molecule has 7 heteroatoms. The summed E-state index contributed by atoms with van der Waals surface area (Å²) in [5.74, 6) is -0.683. The van der Waals surface area contributed by atoms with Crippen molar-refractivity contribution in [3.05, 3.63) is 28.7 Å². The maximum Gasteiger partial charge on any atom is 0.310 e. The van der Waals surface area contributed by atoms with Crippen LogP contribution in [-0.4, -0.2) is 38.4 Å². The summed E-state index contributed by atoms with van der Waals surface area (Å²) >= 11 is 3.28. The second-order valence-corrected chi connectivity index (χ2v) is 7.76. The number of hydrogen-bond donors (Lipinski definition) is 0. The number of benzene rings is 1. The molecule has 0 bridgehead atoms. The van der Waals surface area contributed by atoms with E-state index in [9.17, 15) is 13.2 Å². The number of piperidine rings is 1. The van der Waals surface area contributed by atoms with Crippen molar-refractivity contribution >= 4 is 31.9 Å². The molecule has 0 saturated carbocycles. The fourth-order valence-electron chi connectivity index (χ4n) is 2.37. The minimum atomic E-state index is -3.56. The third-order valence-electron chi connectivity index (χ3n) is 3.46. The molecule has 0 radical (unpaired) electrons. The van der Waals surface area contributed by atoms with E-state index >= 15 is 0 Å². The molecule has 0 aromatic heterocycles. The fraction of sp³-hybridized carbons (Fsp3) is 0.500. The average molecular weight is 376 g/mol. The van der Waals surface area contributed by atoms with Crippen LogP contribution in [0.1, 0.15) is 19.8 Å². The number of esters is 1. The van der Waals surface area contributed by atoms with Crippen molar-refractivity contribution in [3.8, 4) is 0 Å². The number of carbonyl (C=O) groups excluding carboxylic acids is 1. The molecule has 1 fully saturated rings. The van der Waals surface area contributed by atoms with Gasteiger partial charge >= 0.3 is 5.97 Å². The van der Waals surface area contributed by atoms with Crippen molar-refractivity contribution < 1.29 is 17.9 Å². The first-order valence-electron chi connectivity index (χ1n) is 6.87. The van der Waals surface area contributed by atoms with Crippen LogP contribution in [0.3, 0.4) is 0 Å². The second kappa shape index (κ2) is 6.89. The van der Waals surface area contributed by atoms with Crippen LogP contribution in [0, 0.1) is 5.92 Å². The van der Waals surface area contributed by atoms with Crippen molar-refractivity contribution in [1.82, 2.24) is 4.31 Å². The minimum Gasteiger partial charge on any atom is -0.466 e. The largest absolute Gasteiger partial charge is 0.466 e. The monoisotopic (exact) mass is 375 g/mol. The van der Waals surface area contributed by atoms with Crippen LogP contribution >= 0.6 is 15.9 Å². The van der Waals surface area contributed by atoms with Gasteiger partial charge in [-0.3, -0.25) is 4.79 Å². The van der Waals surface area contributed by atoms with Crippen LogP contribution in [-0.2, 0) is 19.6 Å². The van der Waals surface area contributed by atoms with Crippen molar-refractivity contribution in [3.63, 3.8) is 0 Å². The van der Waals surface area contributed by atoms with Crippen molar-refractivity contribution in [2.24, 2.45) is 5.92 Å². The van der Waals surface area contributed by atoms with E-state index in [1.807, 2.05) is 0 Å². The second-order valence-electron chi connectivity index (χ2n) is 4.91. The lowest BCUT2D eigenvalue weighted by atomic mass is 10.0. The number of ether oxygens (including phenoxy) is 1. The normalized spacial score (nSPS) is 20.2. The summed E-state index contributed by atoms with van der Waals surface area (Å²) < 4.78 is 32.4. The standard InChI is InChI=1S/C14H18BrNO4S/c1-2-20-14(17)11-4-3-9-16(10-11)21(18,19)13-7-5-12(15)6-8-13/h5-8,11H,2-4,9-10H2,1H3/t11-/m0/s1. The Bertz CT molecular complexity index is 600. The number of hydrogen-bond acceptors (Lipinski definition) is 4. The van der Waals surface area contributed by atoms with E-state index in [4.69, 9.17) is 4.74 Å². The molecule has 1 aromatic carbocycles. The van der Waals surface area contributed by atoms with Crippen LogP contribution in [0.25, 0.3) is 0 Å². The zero-order chi connectivity index (χ0) is 15.5. The van der Waals surface area contributed by atoms with Gasteiger partial charge in [-0.1, -0.05) is 15.9 Å². The zero-order valence-corrected chi connectivity index (χ0v) is 14.2. The highest BCUT2D eigenvalue weighted by Crippen LogP contribution is 2.25. The molecule has 0 amide bonds. The molecule has 21 heavy (non-hydrogen) atoms. The van der Waals surface area contributed by atoms with E-state index in [0.29, 0.717) is 26.0 Å². The predicted octanol–water partition coefficient (Wildman–Crippen LogP) is 2.41. The van der Waals surface area contributed by atoms with E-state index in [0.717, 1.165) is 4.47 Å². The summed E-state index contributed by atoms with van der Waals surface area (Å²) in [6, 6.07) is 6.51. The molecular formula is C14H18BrNO4S. The van der Waals surface area contributed by atoms with E-state index in [1.165, 1.54) is 4.31 Å². The fourth-order valence-corrected chi connectivity index (χ4v) is 4.16. The van der Waals surface area contributed by atoms with Gasteiger partial charge in [0.25, 0.3) is 0 Å². The Kier molecular flexibility index (Phi) is 5.40. The third kappa shape index (κ3) is 3.84. The molecule has 1 atom stereocenters. The maximum atomic E-state index is 12.6. The van der Waals surface area contributed by atoms with Gasteiger partial charge in [-0.15, -0.1) is 0 Å². The Morgan fingerprint density at radius 3 is 2.67 bits per heavy atom. The SMILES string of the molecule is CCOC(=O)[C@H]1CCCN(S(=O)(=O)c2ccc(Br)cc2)C1. The maximum absolute atomic E-state index is 12.6. The van der Waals surface area contributed by atoms with Gasteiger partial charge in [-0.2, -0.15) is 4.31 Å². The molecule has 1 aromatic rings. The van der Waals surface area contributed by atoms with Crippen molar-refractivity contribution in [2.45, 2.75) is 24.7 Å². The van der Waals surface area contributed by atoms with Crippen molar-refractivity contribution in [2.75, 3.05) is 19.7 Å². The summed E-state index contributed by atoms with van der Waals surface area (Å²) in [5, 5.41) is 0. The molecule has 116 valence electrons. The molecule has 1 aliphatic rings. The Morgan fingerprint density at radius 1 is 1.38 bits per heavy atom. The third-order valence-corrected chi connectivity index (χ3v) is 5.86. The lowest BCUT2D eigenvalue weighted by molar-refractivity contribution is -0.149. The number of halogens is 1. The highest BCUT2D eigenvalue weighted by Gasteiger charge is 2.33. The molecule has 5 nitrogen and oxygen atoms in total. The van der Waals surface area contributed by atoms with Crippen LogP contribution in [0.4, 0.5) is 0 Å². The molecular weight excluding hydrogens is 358 g/mol. The molecule has 0 aliphatic carbocycles. The number of carbonyl (C=O) groups is 1. The lowest BCUT2D eigenvalue weighted by Crippen LogP contribution is -2.42. The average Bonchev–Trinajstić information content (AvgIpc) is 2.48. The highest BCUT2D eigenvalue weighted by molar-refractivity contribution is 9.10. The van der Waals surface area contributed by atoms with Gasteiger partial charge in [0.1, 0.15) is 0 Å². The first-order chi connectivity index (χ1) is 9.95. The Labute approximate surface area is 133 Å². The quantitative estimate of drug-likeness (QED) is 0.758. The molecule has 0 unspecified atom stereocenters.